The molecule has 4 heteroatoms. The Bertz CT molecular complexity index is 818. The zero-order chi connectivity index (χ0) is 35.1. The van der Waals surface area contributed by atoms with Gasteiger partial charge in [0.15, 0.2) is 0 Å². The summed E-state index contributed by atoms with van der Waals surface area (Å²) < 4.78 is 12.2. The monoisotopic (exact) mass is 737 g/mol. The Hall–Kier alpha value is 0.500. The van der Waals surface area contributed by atoms with Gasteiger partial charge in [0, 0.05) is 24.0 Å². The second kappa shape index (κ2) is 21.6. The summed E-state index contributed by atoms with van der Waals surface area (Å²) in [5.74, 6) is 3.60. The first-order valence-corrected chi connectivity index (χ1v) is 23.8. The largest absolute Gasteiger partial charge is 0.378 e. The molecule has 50 heavy (non-hydrogen) atoms. The summed E-state index contributed by atoms with van der Waals surface area (Å²) in [5, 5.41) is 0. The summed E-state index contributed by atoms with van der Waals surface area (Å²) in [5.41, 5.74) is 0.389. The summed E-state index contributed by atoms with van der Waals surface area (Å²) in [6, 6.07) is 0. The van der Waals surface area contributed by atoms with Crippen molar-refractivity contribution in [3.8, 4) is 0 Å². The highest BCUT2D eigenvalue weighted by Crippen LogP contribution is 2.77. The van der Waals surface area contributed by atoms with Crippen molar-refractivity contribution in [2.24, 2.45) is 34.5 Å². The highest BCUT2D eigenvalue weighted by atomic mass is 35.5. The van der Waals surface area contributed by atoms with Crippen molar-refractivity contribution in [2.75, 3.05) is 13.2 Å². The van der Waals surface area contributed by atoms with Crippen LogP contribution in [0.25, 0.3) is 0 Å². The van der Waals surface area contributed by atoms with Gasteiger partial charge in [-0.25, -0.2) is 0 Å². The predicted octanol–water partition coefficient (Wildman–Crippen LogP) is 15.3. The van der Waals surface area contributed by atoms with Crippen LogP contribution in [0.3, 0.4) is 0 Å². The van der Waals surface area contributed by atoms with E-state index in [2.05, 4.69) is 13.8 Å². The molecule has 292 valence electrons. The minimum Gasteiger partial charge on any atom is -0.378 e. The van der Waals surface area contributed by atoms with E-state index < -0.39 is 4.33 Å². The highest BCUT2D eigenvalue weighted by molar-refractivity contribution is 6.50. The molecule has 5 aliphatic rings. The molecule has 0 N–H and O–H groups in total. The Morgan fingerprint density at radius 2 is 0.700 bits per heavy atom. The third-order valence-electron chi connectivity index (χ3n) is 15.5. The highest BCUT2D eigenvalue weighted by Gasteiger charge is 2.72. The average molecular weight is 738 g/mol. The van der Waals surface area contributed by atoms with Gasteiger partial charge in [-0.05, 0) is 146 Å². The van der Waals surface area contributed by atoms with Crippen LogP contribution in [0.2, 0.25) is 0 Å². The zero-order valence-corrected chi connectivity index (χ0v) is 34.8. The fourth-order valence-electron chi connectivity index (χ4n) is 12.1. The molecule has 5 rings (SSSR count). The first kappa shape index (κ1) is 41.7. The van der Waals surface area contributed by atoms with E-state index in [-0.39, 0.29) is 10.8 Å². The topological polar surface area (TPSA) is 18.5 Å². The Morgan fingerprint density at radius 1 is 0.400 bits per heavy atom. The molecule has 2 nitrogen and oxygen atoms in total. The lowest BCUT2D eigenvalue weighted by Crippen LogP contribution is -2.66. The normalized spacial score (nSPS) is 35.8. The number of hydrogen-bond donors (Lipinski definition) is 0. The molecule has 0 amide bonds. The molecule has 0 aromatic heterocycles. The molecular weight excluding hydrogens is 655 g/mol. The fraction of sp³-hybridized carbons (Fsp3) is 1.00. The van der Waals surface area contributed by atoms with E-state index in [1.54, 1.807) is 0 Å². The van der Waals surface area contributed by atoms with Gasteiger partial charge in [-0.2, -0.15) is 0 Å². The van der Waals surface area contributed by atoms with Crippen LogP contribution in [0.4, 0.5) is 0 Å². The van der Waals surface area contributed by atoms with Gasteiger partial charge in [-0.15, -0.1) is 23.2 Å². The van der Waals surface area contributed by atoms with Gasteiger partial charge in [-0.3, -0.25) is 0 Å². The van der Waals surface area contributed by atoms with Crippen LogP contribution in [0.1, 0.15) is 226 Å². The number of halogens is 2. The van der Waals surface area contributed by atoms with Crippen molar-refractivity contribution in [2.45, 2.75) is 242 Å². The third-order valence-corrected chi connectivity index (χ3v) is 17.1. The summed E-state index contributed by atoms with van der Waals surface area (Å²) >= 11 is 15.1. The number of hydrogen-bond acceptors (Lipinski definition) is 2. The number of ether oxygens (including phenoxy) is 2. The van der Waals surface area contributed by atoms with Crippen LogP contribution in [0.15, 0.2) is 0 Å². The van der Waals surface area contributed by atoms with E-state index >= 15 is 0 Å². The average Bonchev–Trinajstić information content (AvgIpc) is 3.14. The van der Waals surface area contributed by atoms with Gasteiger partial charge < -0.3 is 9.47 Å². The molecular formula is C46H82Cl2O2. The van der Waals surface area contributed by atoms with Crippen LogP contribution in [-0.2, 0) is 9.47 Å². The van der Waals surface area contributed by atoms with E-state index in [9.17, 15) is 0 Å². The second-order valence-corrected chi connectivity index (χ2v) is 20.1. The predicted molar refractivity (Wildman–Crippen MR) is 216 cm³/mol. The van der Waals surface area contributed by atoms with E-state index in [0.717, 1.165) is 36.9 Å². The lowest BCUT2D eigenvalue weighted by molar-refractivity contribution is -0.123. The van der Waals surface area contributed by atoms with Crippen molar-refractivity contribution >= 4 is 23.2 Å². The molecule has 5 aliphatic carbocycles. The van der Waals surface area contributed by atoms with Gasteiger partial charge in [0.1, 0.15) is 4.33 Å². The molecule has 0 aromatic rings. The summed E-state index contributed by atoms with van der Waals surface area (Å²) in [6.45, 7) is 6.58. The van der Waals surface area contributed by atoms with Crippen molar-refractivity contribution in [1.82, 2.24) is 0 Å². The molecule has 0 saturated heterocycles. The van der Waals surface area contributed by atoms with Crippen molar-refractivity contribution in [3.63, 3.8) is 0 Å². The molecule has 5 fully saturated rings. The van der Waals surface area contributed by atoms with Crippen LogP contribution in [0, 0.1) is 34.5 Å². The summed E-state index contributed by atoms with van der Waals surface area (Å²) in [4.78, 5) is 0. The maximum atomic E-state index is 7.53. The Morgan fingerprint density at radius 3 is 1.02 bits per heavy atom. The molecule has 0 aromatic carbocycles. The standard InChI is InChI=1S/C46H82Cl2O2/c1-3-5-7-9-11-13-15-17-35-49-42-23-19-38(20-24-42)40-27-31-44(32-28-40)37-45(46(44,47)48)33-29-41(30-34-45)39-21-25-43(26-22-39)50-36-18-16-14-12-10-8-6-4-2/h38-43H,3-37H2,1-2H3/t38?,39?,40-,41?,42?,43?,44-,45-. The lowest BCUT2D eigenvalue weighted by atomic mass is 9.42. The maximum Gasteiger partial charge on any atom is 0.129 e. The minimum absolute atomic E-state index is 0.195. The van der Waals surface area contributed by atoms with Gasteiger partial charge in [0.2, 0.25) is 0 Å². The van der Waals surface area contributed by atoms with E-state index in [0.29, 0.717) is 12.2 Å². The van der Waals surface area contributed by atoms with Crippen LogP contribution in [-0.4, -0.2) is 29.8 Å². The Kier molecular flexibility index (Phi) is 18.0. The van der Waals surface area contributed by atoms with Crippen LogP contribution < -0.4 is 0 Å². The van der Waals surface area contributed by atoms with E-state index in [1.807, 2.05) is 0 Å². The maximum absolute atomic E-state index is 7.53. The van der Waals surface area contributed by atoms with E-state index in [4.69, 9.17) is 32.7 Å². The van der Waals surface area contributed by atoms with Crippen LogP contribution >= 0.6 is 23.2 Å². The van der Waals surface area contributed by atoms with Gasteiger partial charge in [0.05, 0.1) is 12.2 Å². The summed E-state index contributed by atoms with van der Waals surface area (Å²) in [7, 11) is 0. The SMILES string of the molecule is CCCCCCCCCCOC1CCC(C2CC[C@]3(CC2)C[C@@]2(CC[C@H](C4CCC(OCCCCCCCCCC)CC4)CC2)C3(Cl)Cl)CC1. The van der Waals surface area contributed by atoms with Crippen molar-refractivity contribution < 1.29 is 9.47 Å². The number of unbranched alkanes of at least 4 members (excludes halogenated alkanes) is 14. The molecule has 0 heterocycles. The molecule has 0 radical (unpaired) electrons. The Labute approximate surface area is 321 Å². The zero-order valence-electron chi connectivity index (χ0n) is 33.3. The van der Waals surface area contributed by atoms with Crippen molar-refractivity contribution in [3.05, 3.63) is 0 Å². The van der Waals surface area contributed by atoms with Gasteiger partial charge in [-0.1, -0.05) is 104 Å². The fourth-order valence-corrected chi connectivity index (χ4v) is 13.1. The first-order chi connectivity index (χ1) is 24.4. The van der Waals surface area contributed by atoms with Crippen molar-refractivity contribution in [1.29, 1.82) is 0 Å². The number of rotatable bonds is 22. The molecule has 2 spiro atoms. The Balaban J connectivity index is 0.910. The first-order valence-electron chi connectivity index (χ1n) is 23.0. The number of alkyl halides is 2. The molecule has 0 bridgehead atoms. The molecule has 0 aliphatic heterocycles. The molecule has 0 unspecified atom stereocenters. The third kappa shape index (κ3) is 11.3. The lowest BCUT2D eigenvalue weighted by Gasteiger charge is -2.69. The van der Waals surface area contributed by atoms with Gasteiger partial charge in [0.25, 0.3) is 0 Å². The molecule has 0 atom stereocenters. The minimum atomic E-state index is -0.502. The second-order valence-electron chi connectivity index (χ2n) is 18.8. The summed E-state index contributed by atoms with van der Waals surface area (Å²) in [6.07, 6.45) is 45.6. The molecule has 5 saturated carbocycles. The van der Waals surface area contributed by atoms with Crippen LogP contribution in [0.5, 0.6) is 0 Å². The van der Waals surface area contributed by atoms with E-state index in [1.165, 1.54) is 212 Å². The quantitative estimate of drug-likeness (QED) is 0.0814. The smallest absolute Gasteiger partial charge is 0.129 e. The van der Waals surface area contributed by atoms with Gasteiger partial charge >= 0.3 is 0 Å².